The number of nitrogens with one attached hydrogen (secondary N) is 2. The van der Waals surface area contributed by atoms with Crippen molar-refractivity contribution in [2.75, 3.05) is 20.3 Å². The van der Waals surface area contributed by atoms with Crippen molar-refractivity contribution < 1.29 is 4.74 Å². The Hall–Kier alpha value is -1.03. The van der Waals surface area contributed by atoms with E-state index in [2.05, 4.69) is 17.2 Å². The fourth-order valence-corrected chi connectivity index (χ4v) is 2.14. The molecule has 17 heavy (non-hydrogen) atoms. The molecule has 3 nitrogen and oxygen atoms in total. The molecule has 1 aromatic heterocycles. The Balaban J connectivity index is 2.20. The van der Waals surface area contributed by atoms with Crippen LogP contribution in [-0.4, -0.2) is 25.2 Å². The van der Waals surface area contributed by atoms with Crippen LogP contribution in [0.4, 0.5) is 0 Å². The van der Waals surface area contributed by atoms with Crippen LogP contribution in [0.25, 0.3) is 10.9 Å². The smallest absolute Gasteiger partial charge is 0.0587 e. The van der Waals surface area contributed by atoms with Crippen molar-refractivity contribution in [3.63, 3.8) is 0 Å². The summed E-state index contributed by atoms with van der Waals surface area (Å²) in [6.45, 7) is 4.49. The van der Waals surface area contributed by atoms with Gasteiger partial charge < -0.3 is 15.0 Å². The molecule has 2 rings (SSSR count). The quantitative estimate of drug-likeness (QED) is 0.803. The number of benzene rings is 1. The van der Waals surface area contributed by atoms with Gasteiger partial charge in [-0.15, -0.1) is 0 Å². The van der Waals surface area contributed by atoms with E-state index in [0.717, 1.165) is 30.2 Å². The number of methoxy groups -OCH3 is 1. The number of fused-ring (bicyclic) bond motifs is 1. The van der Waals surface area contributed by atoms with Crippen LogP contribution in [0.3, 0.4) is 0 Å². The third-order valence-corrected chi connectivity index (χ3v) is 3.10. The largest absolute Gasteiger partial charge is 0.383 e. The summed E-state index contributed by atoms with van der Waals surface area (Å²) in [6, 6.07) is 5.93. The van der Waals surface area contributed by atoms with Crippen molar-refractivity contribution >= 4 is 22.5 Å². The molecule has 92 valence electrons. The number of H-pyrrole nitrogens is 1. The van der Waals surface area contributed by atoms with Crippen molar-refractivity contribution in [2.45, 2.75) is 13.5 Å². The highest BCUT2D eigenvalue weighted by atomic mass is 35.5. The fourth-order valence-electron chi connectivity index (χ4n) is 1.97. The lowest BCUT2D eigenvalue weighted by Gasteiger charge is -2.04. The predicted molar refractivity (Wildman–Crippen MR) is 71.6 cm³/mol. The Labute approximate surface area is 106 Å². The summed E-state index contributed by atoms with van der Waals surface area (Å²) in [6.07, 6.45) is 0. The van der Waals surface area contributed by atoms with Crippen LogP contribution in [0.5, 0.6) is 0 Å². The molecule has 0 fully saturated rings. The van der Waals surface area contributed by atoms with Crippen LogP contribution in [-0.2, 0) is 11.3 Å². The minimum atomic E-state index is 0.724. The van der Waals surface area contributed by atoms with Gasteiger partial charge in [-0.05, 0) is 30.7 Å². The van der Waals surface area contributed by atoms with E-state index in [0.29, 0.717) is 0 Å². The lowest BCUT2D eigenvalue weighted by Crippen LogP contribution is -2.18. The molecule has 0 aliphatic heterocycles. The molecule has 0 aliphatic rings. The van der Waals surface area contributed by atoms with E-state index in [1.165, 1.54) is 16.6 Å². The highest BCUT2D eigenvalue weighted by Crippen LogP contribution is 2.25. The first-order chi connectivity index (χ1) is 8.22. The number of aromatic amines is 1. The van der Waals surface area contributed by atoms with Crippen molar-refractivity contribution in [2.24, 2.45) is 0 Å². The Morgan fingerprint density at radius 1 is 1.41 bits per heavy atom. The SMILES string of the molecule is COCCNCc1c(C)[nH]c2ccc(Cl)cc12. The Bertz CT molecular complexity index is 507. The Morgan fingerprint density at radius 3 is 3.00 bits per heavy atom. The standard InChI is InChI=1S/C13H17ClN2O/c1-9-12(8-15-5-6-17-2)11-7-10(14)3-4-13(11)16-9/h3-4,7,15-16H,5-6,8H2,1-2H3. The molecule has 0 saturated carbocycles. The molecular formula is C13H17ClN2O. The van der Waals surface area contributed by atoms with Gasteiger partial charge in [0, 0.05) is 41.8 Å². The molecule has 0 radical (unpaired) electrons. The zero-order valence-corrected chi connectivity index (χ0v) is 10.9. The van der Waals surface area contributed by atoms with Crippen LogP contribution in [0, 0.1) is 6.92 Å². The van der Waals surface area contributed by atoms with Gasteiger partial charge in [0.05, 0.1) is 6.61 Å². The predicted octanol–water partition coefficient (Wildman–Crippen LogP) is 2.87. The van der Waals surface area contributed by atoms with Gasteiger partial charge in [0.2, 0.25) is 0 Å². The summed E-state index contributed by atoms with van der Waals surface area (Å²) < 4.78 is 5.01. The van der Waals surface area contributed by atoms with Gasteiger partial charge in [-0.3, -0.25) is 0 Å². The third-order valence-electron chi connectivity index (χ3n) is 2.87. The third kappa shape index (κ3) is 2.80. The minimum absolute atomic E-state index is 0.724. The van der Waals surface area contributed by atoms with Gasteiger partial charge >= 0.3 is 0 Å². The summed E-state index contributed by atoms with van der Waals surface area (Å²) in [7, 11) is 1.71. The number of aryl methyl sites for hydroxylation is 1. The molecule has 1 aromatic carbocycles. The van der Waals surface area contributed by atoms with E-state index >= 15 is 0 Å². The van der Waals surface area contributed by atoms with Crippen molar-refractivity contribution in [1.29, 1.82) is 0 Å². The second kappa shape index (κ2) is 5.54. The van der Waals surface area contributed by atoms with Crippen LogP contribution >= 0.6 is 11.6 Å². The molecule has 2 aromatic rings. The Kier molecular flexibility index (Phi) is 4.05. The maximum Gasteiger partial charge on any atom is 0.0587 e. The first-order valence-corrected chi connectivity index (χ1v) is 6.06. The first kappa shape index (κ1) is 12.4. The molecule has 0 bridgehead atoms. The van der Waals surface area contributed by atoms with Gasteiger partial charge in [0.1, 0.15) is 0 Å². The average molecular weight is 253 g/mol. The van der Waals surface area contributed by atoms with Gasteiger partial charge in [-0.25, -0.2) is 0 Å². The lowest BCUT2D eigenvalue weighted by atomic mass is 10.1. The summed E-state index contributed by atoms with van der Waals surface area (Å²) in [5.74, 6) is 0. The molecule has 0 saturated heterocycles. The topological polar surface area (TPSA) is 37.0 Å². The minimum Gasteiger partial charge on any atom is -0.383 e. The number of hydrogen-bond acceptors (Lipinski definition) is 2. The van der Waals surface area contributed by atoms with Crippen molar-refractivity contribution in [1.82, 2.24) is 10.3 Å². The van der Waals surface area contributed by atoms with E-state index in [1.54, 1.807) is 7.11 Å². The summed E-state index contributed by atoms with van der Waals surface area (Å²) in [4.78, 5) is 3.37. The number of hydrogen-bond donors (Lipinski definition) is 2. The molecule has 0 spiro atoms. The molecule has 2 N–H and O–H groups in total. The zero-order valence-electron chi connectivity index (χ0n) is 10.1. The number of halogens is 1. The molecule has 4 heteroatoms. The van der Waals surface area contributed by atoms with Gasteiger partial charge in [0.25, 0.3) is 0 Å². The van der Waals surface area contributed by atoms with Gasteiger partial charge in [-0.2, -0.15) is 0 Å². The number of rotatable bonds is 5. The van der Waals surface area contributed by atoms with E-state index in [-0.39, 0.29) is 0 Å². The van der Waals surface area contributed by atoms with Crippen molar-refractivity contribution in [3.8, 4) is 0 Å². The molecule has 0 aliphatic carbocycles. The highest BCUT2D eigenvalue weighted by Gasteiger charge is 2.08. The van der Waals surface area contributed by atoms with Crippen LogP contribution < -0.4 is 5.32 Å². The fraction of sp³-hybridized carbons (Fsp3) is 0.385. The van der Waals surface area contributed by atoms with E-state index in [9.17, 15) is 0 Å². The molecule has 1 heterocycles. The first-order valence-electron chi connectivity index (χ1n) is 5.68. The van der Waals surface area contributed by atoms with Gasteiger partial charge in [-0.1, -0.05) is 11.6 Å². The lowest BCUT2D eigenvalue weighted by molar-refractivity contribution is 0.199. The van der Waals surface area contributed by atoms with Crippen LogP contribution in [0.2, 0.25) is 5.02 Å². The average Bonchev–Trinajstić information content (AvgIpc) is 2.61. The zero-order chi connectivity index (χ0) is 12.3. The summed E-state index contributed by atoms with van der Waals surface area (Å²) in [5, 5.41) is 5.32. The summed E-state index contributed by atoms with van der Waals surface area (Å²) >= 11 is 6.03. The maximum atomic E-state index is 6.03. The second-order valence-corrected chi connectivity index (χ2v) is 4.52. The molecule has 0 atom stereocenters. The monoisotopic (exact) mass is 252 g/mol. The summed E-state index contributed by atoms with van der Waals surface area (Å²) in [5.41, 5.74) is 3.60. The second-order valence-electron chi connectivity index (χ2n) is 4.09. The number of aromatic nitrogens is 1. The van der Waals surface area contributed by atoms with Crippen LogP contribution in [0.1, 0.15) is 11.3 Å². The maximum absolute atomic E-state index is 6.03. The van der Waals surface area contributed by atoms with E-state index in [4.69, 9.17) is 16.3 Å². The van der Waals surface area contributed by atoms with Crippen LogP contribution in [0.15, 0.2) is 18.2 Å². The van der Waals surface area contributed by atoms with Gasteiger partial charge in [0.15, 0.2) is 0 Å². The Morgan fingerprint density at radius 2 is 2.24 bits per heavy atom. The molecule has 0 amide bonds. The number of ether oxygens (including phenoxy) is 1. The van der Waals surface area contributed by atoms with E-state index < -0.39 is 0 Å². The molecule has 0 unspecified atom stereocenters. The molecular weight excluding hydrogens is 236 g/mol. The van der Waals surface area contributed by atoms with E-state index in [1.807, 2.05) is 18.2 Å². The van der Waals surface area contributed by atoms with Crippen molar-refractivity contribution in [3.05, 3.63) is 34.5 Å². The normalized spacial score (nSPS) is 11.2. The highest BCUT2D eigenvalue weighted by molar-refractivity contribution is 6.31.